The molecule has 1 N–H and O–H groups in total. The molecule has 1 fully saturated rings. The highest BCUT2D eigenvalue weighted by Crippen LogP contribution is 2.27. The van der Waals surface area contributed by atoms with Gasteiger partial charge in [0.1, 0.15) is 11.5 Å². The maximum atomic E-state index is 12.5. The number of H-pyrrole nitrogens is 1. The Labute approximate surface area is 153 Å². The zero-order valence-electron chi connectivity index (χ0n) is 14.0. The molecular weight excluding hydrogens is 352 g/mol. The fourth-order valence-electron chi connectivity index (χ4n) is 3.27. The predicted molar refractivity (Wildman–Crippen MR) is 96.2 cm³/mol. The molecule has 0 spiro atoms. The van der Waals surface area contributed by atoms with E-state index < -0.39 is 0 Å². The third kappa shape index (κ3) is 3.43. The van der Waals surface area contributed by atoms with Crippen LogP contribution >= 0.6 is 11.3 Å². The van der Waals surface area contributed by atoms with Crippen LogP contribution in [0.15, 0.2) is 40.5 Å². The SMILES string of the molecule is O=C(c1c[nH]c(=O)cn1)N1CCC(c2nccn2Cc2cscn2)CC1. The third-order valence-corrected chi connectivity index (χ3v) is 5.24. The molecule has 1 amide bonds. The zero-order chi connectivity index (χ0) is 17.9. The summed E-state index contributed by atoms with van der Waals surface area (Å²) in [5.74, 6) is 1.22. The van der Waals surface area contributed by atoms with Crippen molar-refractivity contribution in [2.45, 2.75) is 25.3 Å². The van der Waals surface area contributed by atoms with Gasteiger partial charge in [-0.25, -0.2) is 15.0 Å². The van der Waals surface area contributed by atoms with Crippen LogP contribution in [-0.4, -0.2) is 48.4 Å². The van der Waals surface area contributed by atoms with Crippen molar-refractivity contribution >= 4 is 17.2 Å². The van der Waals surface area contributed by atoms with Crippen LogP contribution in [0.25, 0.3) is 0 Å². The molecule has 0 radical (unpaired) electrons. The van der Waals surface area contributed by atoms with Crippen molar-refractivity contribution in [1.29, 1.82) is 0 Å². The number of rotatable bonds is 4. The smallest absolute Gasteiger partial charge is 0.273 e. The fourth-order valence-corrected chi connectivity index (χ4v) is 3.82. The van der Waals surface area contributed by atoms with Gasteiger partial charge in [-0.2, -0.15) is 0 Å². The fraction of sp³-hybridized carbons (Fsp3) is 0.353. The normalized spacial score (nSPS) is 15.3. The molecule has 0 atom stereocenters. The first-order valence-corrected chi connectivity index (χ1v) is 9.37. The summed E-state index contributed by atoms with van der Waals surface area (Å²) in [5, 5.41) is 2.04. The van der Waals surface area contributed by atoms with E-state index in [1.807, 2.05) is 23.3 Å². The second-order valence-corrected chi connectivity index (χ2v) is 6.97. The molecule has 0 unspecified atom stereocenters. The number of nitrogens with one attached hydrogen (secondary N) is 1. The van der Waals surface area contributed by atoms with E-state index in [-0.39, 0.29) is 17.2 Å². The Kier molecular flexibility index (Phi) is 4.61. The zero-order valence-corrected chi connectivity index (χ0v) is 14.9. The summed E-state index contributed by atoms with van der Waals surface area (Å²) >= 11 is 1.59. The largest absolute Gasteiger partial charge is 0.337 e. The minimum absolute atomic E-state index is 0.148. The van der Waals surface area contributed by atoms with E-state index >= 15 is 0 Å². The highest BCUT2D eigenvalue weighted by Gasteiger charge is 2.27. The summed E-state index contributed by atoms with van der Waals surface area (Å²) in [7, 11) is 0. The van der Waals surface area contributed by atoms with Crippen molar-refractivity contribution in [1.82, 2.24) is 29.4 Å². The van der Waals surface area contributed by atoms with Crippen molar-refractivity contribution in [3.63, 3.8) is 0 Å². The van der Waals surface area contributed by atoms with Crippen molar-refractivity contribution < 1.29 is 4.79 Å². The Bertz CT molecular complexity index is 920. The van der Waals surface area contributed by atoms with E-state index in [2.05, 4.69) is 24.5 Å². The first kappa shape index (κ1) is 16.6. The lowest BCUT2D eigenvalue weighted by Gasteiger charge is -2.31. The Morgan fingerprint density at radius 2 is 2.12 bits per heavy atom. The molecule has 4 rings (SSSR count). The van der Waals surface area contributed by atoms with Gasteiger partial charge in [-0.15, -0.1) is 11.3 Å². The molecule has 0 saturated carbocycles. The number of hydrogen-bond acceptors (Lipinski definition) is 6. The van der Waals surface area contributed by atoms with Crippen LogP contribution in [0.4, 0.5) is 0 Å². The number of thiazole rings is 1. The second kappa shape index (κ2) is 7.20. The van der Waals surface area contributed by atoms with Crippen LogP contribution < -0.4 is 5.56 Å². The molecule has 8 nitrogen and oxygen atoms in total. The molecule has 0 aliphatic carbocycles. The number of carbonyl (C=O) groups excluding carboxylic acids is 1. The van der Waals surface area contributed by atoms with Crippen LogP contribution in [0.3, 0.4) is 0 Å². The molecule has 0 aromatic carbocycles. The minimum Gasteiger partial charge on any atom is -0.337 e. The molecule has 1 aliphatic heterocycles. The summed E-state index contributed by atoms with van der Waals surface area (Å²) in [6.45, 7) is 2.01. The topological polar surface area (TPSA) is 96.8 Å². The van der Waals surface area contributed by atoms with E-state index in [0.29, 0.717) is 19.0 Å². The van der Waals surface area contributed by atoms with Gasteiger partial charge < -0.3 is 14.5 Å². The van der Waals surface area contributed by atoms with E-state index in [4.69, 9.17) is 0 Å². The van der Waals surface area contributed by atoms with Gasteiger partial charge in [-0.1, -0.05) is 0 Å². The minimum atomic E-state index is -0.313. The van der Waals surface area contributed by atoms with Crippen molar-refractivity contribution in [3.05, 3.63) is 63.2 Å². The summed E-state index contributed by atoms with van der Waals surface area (Å²) in [6.07, 6.45) is 8.01. The summed E-state index contributed by atoms with van der Waals surface area (Å²) in [5.41, 5.74) is 2.83. The highest BCUT2D eigenvalue weighted by atomic mass is 32.1. The van der Waals surface area contributed by atoms with Crippen molar-refractivity contribution in [2.24, 2.45) is 0 Å². The Morgan fingerprint density at radius 3 is 2.81 bits per heavy atom. The average molecular weight is 370 g/mol. The maximum Gasteiger partial charge on any atom is 0.273 e. The first-order valence-electron chi connectivity index (χ1n) is 8.43. The van der Waals surface area contributed by atoms with Gasteiger partial charge in [-0.3, -0.25) is 9.59 Å². The summed E-state index contributed by atoms with van der Waals surface area (Å²) in [6, 6.07) is 0. The van der Waals surface area contributed by atoms with Gasteiger partial charge >= 0.3 is 0 Å². The van der Waals surface area contributed by atoms with Gasteiger partial charge in [0.15, 0.2) is 0 Å². The van der Waals surface area contributed by atoms with E-state index in [0.717, 1.165) is 37.1 Å². The molecule has 3 aromatic rings. The molecule has 4 heterocycles. The van der Waals surface area contributed by atoms with Crippen molar-refractivity contribution in [3.8, 4) is 0 Å². The van der Waals surface area contributed by atoms with Crippen LogP contribution in [0.2, 0.25) is 0 Å². The second-order valence-electron chi connectivity index (χ2n) is 6.26. The van der Waals surface area contributed by atoms with Gasteiger partial charge in [0.05, 0.1) is 23.9 Å². The van der Waals surface area contributed by atoms with Gasteiger partial charge in [0, 0.05) is 43.0 Å². The van der Waals surface area contributed by atoms with Crippen LogP contribution in [0.1, 0.15) is 40.8 Å². The number of aromatic amines is 1. The number of hydrogen-bond donors (Lipinski definition) is 1. The van der Waals surface area contributed by atoms with E-state index in [1.165, 1.54) is 6.20 Å². The molecule has 3 aromatic heterocycles. The van der Waals surface area contributed by atoms with Crippen LogP contribution in [0.5, 0.6) is 0 Å². The first-order chi connectivity index (χ1) is 12.7. The number of piperidine rings is 1. The molecule has 134 valence electrons. The quantitative estimate of drug-likeness (QED) is 0.750. The number of likely N-dealkylation sites (tertiary alicyclic amines) is 1. The average Bonchev–Trinajstić information content (AvgIpc) is 3.34. The number of nitrogens with zero attached hydrogens (tertiary/aromatic N) is 5. The van der Waals surface area contributed by atoms with Crippen molar-refractivity contribution in [2.75, 3.05) is 13.1 Å². The predicted octanol–water partition coefficient (Wildman–Crippen LogP) is 1.49. The van der Waals surface area contributed by atoms with Crippen LogP contribution in [0, 0.1) is 0 Å². The molecule has 9 heteroatoms. The number of amides is 1. The Morgan fingerprint density at radius 1 is 1.27 bits per heavy atom. The Balaban J connectivity index is 1.41. The van der Waals surface area contributed by atoms with Gasteiger partial charge in [0.25, 0.3) is 11.5 Å². The summed E-state index contributed by atoms with van der Waals surface area (Å²) < 4.78 is 2.14. The third-order valence-electron chi connectivity index (χ3n) is 4.60. The Hall–Kier alpha value is -2.81. The lowest BCUT2D eigenvalue weighted by molar-refractivity contribution is 0.0704. The monoisotopic (exact) mass is 370 g/mol. The molecule has 0 bridgehead atoms. The van der Waals surface area contributed by atoms with Gasteiger partial charge in [-0.05, 0) is 12.8 Å². The number of aromatic nitrogens is 5. The number of carbonyl (C=O) groups is 1. The lowest BCUT2D eigenvalue weighted by atomic mass is 9.95. The van der Waals surface area contributed by atoms with E-state index in [9.17, 15) is 9.59 Å². The van der Waals surface area contributed by atoms with Gasteiger partial charge in [0.2, 0.25) is 0 Å². The molecule has 1 aliphatic rings. The van der Waals surface area contributed by atoms with E-state index in [1.54, 1.807) is 16.2 Å². The summed E-state index contributed by atoms with van der Waals surface area (Å²) in [4.78, 5) is 40.7. The number of imidazole rings is 1. The molecule has 26 heavy (non-hydrogen) atoms. The van der Waals surface area contributed by atoms with Crippen LogP contribution in [-0.2, 0) is 6.54 Å². The molecule has 1 saturated heterocycles. The standard InChI is InChI=1S/C17H18N6O2S/c24-15-8-19-14(7-20-15)17(25)22-4-1-12(2-5-22)16-18-3-6-23(16)9-13-10-26-11-21-13/h3,6-8,10-12H,1-2,4-5,9H2,(H,20,24). The highest BCUT2D eigenvalue weighted by molar-refractivity contribution is 7.07. The molecular formula is C17H18N6O2S. The lowest BCUT2D eigenvalue weighted by Crippen LogP contribution is -2.39. The maximum absolute atomic E-state index is 12.5.